The highest BCUT2D eigenvalue weighted by atomic mass is 16.6. The molecule has 8 nitrogen and oxygen atoms in total. The Balaban J connectivity index is 1.36. The van der Waals surface area contributed by atoms with Crippen molar-refractivity contribution < 1.29 is 14.1 Å². The van der Waals surface area contributed by atoms with Gasteiger partial charge in [0.25, 0.3) is 5.69 Å². The number of furan rings is 1. The number of nitro groups is 1. The number of amides is 1. The summed E-state index contributed by atoms with van der Waals surface area (Å²) in [5.74, 6) is -0.520. The second-order valence-corrected chi connectivity index (χ2v) is 6.76. The highest BCUT2D eigenvalue weighted by molar-refractivity contribution is 6.08. The van der Waals surface area contributed by atoms with Crippen molar-refractivity contribution in [2.75, 3.05) is 0 Å². The Morgan fingerprint density at radius 3 is 2.73 bits per heavy atom. The molecule has 0 aliphatic rings. The number of nitro benzene ring substituents is 1. The number of fused-ring (bicyclic) bond motifs is 4. The topological polar surface area (TPSA) is 114 Å². The lowest BCUT2D eigenvalue weighted by Crippen LogP contribution is -2.16. The number of aromatic amines is 1. The molecule has 30 heavy (non-hydrogen) atoms. The van der Waals surface area contributed by atoms with Crippen LogP contribution in [0.15, 0.2) is 76.2 Å². The minimum Gasteiger partial charge on any atom is -0.451 e. The summed E-state index contributed by atoms with van der Waals surface area (Å²) in [5.41, 5.74) is 5.64. The van der Waals surface area contributed by atoms with Gasteiger partial charge in [0, 0.05) is 39.3 Å². The highest BCUT2D eigenvalue weighted by Gasteiger charge is 2.14. The number of non-ortho nitro benzene ring substituents is 1. The molecule has 0 unspecified atom stereocenters. The van der Waals surface area contributed by atoms with Gasteiger partial charge in [-0.3, -0.25) is 14.9 Å². The number of para-hydroxylation sites is 1. The van der Waals surface area contributed by atoms with Crippen LogP contribution >= 0.6 is 0 Å². The van der Waals surface area contributed by atoms with Gasteiger partial charge in [0.1, 0.15) is 5.58 Å². The van der Waals surface area contributed by atoms with Crippen molar-refractivity contribution in [3.8, 4) is 0 Å². The van der Waals surface area contributed by atoms with Crippen molar-refractivity contribution in [3.05, 3.63) is 88.2 Å². The van der Waals surface area contributed by atoms with Gasteiger partial charge >= 0.3 is 5.91 Å². The molecule has 146 valence electrons. The summed E-state index contributed by atoms with van der Waals surface area (Å²) in [6.45, 7) is 0. The van der Waals surface area contributed by atoms with Crippen LogP contribution < -0.4 is 5.43 Å². The molecule has 8 heteroatoms. The smallest absolute Gasteiger partial charge is 0.307 e. The fraction of sp³-hybridized carbons (Fsp3) is 0. The van der Waals surface area contributed by atoms with Crippen molar-refractivity contribution in [1.29, 1.82) is 0 Å². The number of carbonyl (C=O) groups excluding carboxylic acids is 1. The molecule has 5 aromatic rings. The van der Waals surface area contributed by atoms with Gasteiger partial charge < -0.3 is 9.40 Å². The van der Waals surface area contributed by atoms with E-state index in [4.69, 9.17) is 4.42 Å². The van der Waals surface area contributed by atoms with Crippen molar-refractivity contribution in [2.45, 2.75) is 0 Å². The molecule has 0 aliphatic carbocycles. The number of hydrogen-bond donors (Lipinski definition) is 2. The van der Waals surface area contributed by atoms with Crippen molar-refractivity contribution in [3.63, 3.8) is 0 Å². The molecule has 0 spiro atoms. The Bertz CT molecular complexity index is 1480. The van der Waals surface area contributed by atoms with Crippen LogP contribution in [0.5, 0.6) is 0 Å². The molecule has 0 bridgehead atoms. The maximum absolute atomic E-state index is 12.3. The lowest BCUT2D eigenvalue weighted by atomic mass is 10.1. The van der Waals surface area contributed by atoms with Gasteiger partial charge in [-0.2, -0.15) is 5.10 Å². The normalized spacial score (nSPS) is 11.6. The summed E-state index contributed by atoms with van der Waals surface area (Å²) in [4.78, 5) is 26.0. The summed E-state index contributed by atoms with van der Waals surface area (Å²) in [6, 6.07) is 19.5. The van der Waals surface area contributed by atoms with Gasteiger partial charge in [-0.1, -0.05) is 24.3 Å². The van der Waals surface area contributed by atoms with Gasteiger partial charge in [0.2, 0.25) is 0 Å². The molecular weight excluding hydrogens is 384 g/mol. The van der Waals surface area contributed by atoms with Crippen LogP contribution in [0.3, 0.4) is 0 Å². The first-order valence-electron chi connectivity index (χ1n) is 9.10. The van der Waals surface area contributed by atoms with Crippen LogP contribution in [0.1, 0.15) is 16.1 Å². The second-order valence-electron chi connectivity index (χ2n) is 6.76. The predicted molar refractivity (Wildman–Crippen MR) is 114 cm³/mol. The lowest BCUT2D eigenvalue weighted by Gasteiger charge is -1.97. The minimum atomic E-state index is -0.543. The summed E-state index contributed by atoms with van der Waals surface area (Å²) in [7, 11) is 0. The Labute approximate surface area is 168 Å². The Morgan fingerprint density at radius 2 is 1.87 bits per heavy atom. The molecule has 1 amide bonds. The molecule has 3 aromatic carbocycles. The Hall–Kier alpha value is -4.46. The molecule has 0 saturated heterocycles. The molecule has 5 rings (SSSR count). The maximum atomic E-state index is 12.3. The molecule has 2 N–H and O–H groups in total. The third kappa shape index (κ3) is 3.06. The van der Waals surface area contributed by atoms with Crippen LogP contribution in [0, 0.1) is 10.1 Å². The van der Waals surface area contributed by atoms with Crippen LogP contribution in [0.4, 0.5) is 5.69 Å². The zero-order valence-electron chi connectivity index (χ0n) is 15.5. The number of aromatic nitrogens is 1. The fourth-order valence-corrected chi connectivity index (χ4v) is 3.42. The first-order chi connectivity index (χ1) is 14.6. The molecule has 0 saturated carbocycles. The monoisotopic (exact) mass is 398 g/mol. The first-order valence-corrected chi connectivity index (χ1v) is 9.10. The van der Waals surface area contributed by atoms with Gasteiger partial charge in [0.05, 0.1) is 11.1 Å². The van der Waals surface area contributed by atoms with E-state index in [9.17, 15) is 14.9 Å². The van der Waals surface area contributed by atoms with Crippen molar-refractivity contribution in [2.24, 2.45) is 5.10 Å². The maximum Gasteiger partial charge on any atom is 0.307 e. The van der Waals surface area contributed by atoms with E-state index in [0.717, 1.165) is 27.4 Å². The largest absolute Gasteiger partial charge is 0.451 e. The number of nitrogens with one attached hydrogen (secondary N) is 2. The molecule has 0 fully saturated rings. The van der Waals surface area contributed by atoms with E-state index in [2.05, 4.69) is 15.5 Å². The van der Waals surface area contributed by atoms with E-state index in [1.165, 1.54) is 24.3 Å². The van der Waals surface area contributed by atoms with Gasteiger partial charge in [-0.25, -0.2) is 5.43 Å². The SMILES string of the molecule is O=C(N/N=C/c1ccc2[nH]c3ccccc3c2c1)c1cc2cc([N+](=O)[O-])ccc2o1. The van der Waals surface area contributed by atoms with Crippen LogP contribution in [-0.4, -0.2) is 22.0 Å². The predicted octanol–water partition coefficient (Wildman–Crippen LogP) is 4.74. The van der Waals surface area contributed by atoms with E-state index < -0.39 is 10.8 Å². The van der Waals surface area contributed by atoms with Crippen LogP contribution in [-0.2, 0) is 0 Å². The van der Waals surface area contributed by atoms with E-state index in [1.54, 1.807) is 6.21 Å². The molecule has 2 aromatic heterocycles. The quantitative estimate of drug-likeness (QED) is 0.258. The average Bonchev–Trinajstić information content (AvgIpc) is 3.34. The van der Waals surface area contributed by atoms with Crippen LogP contribution in [0.25, 0.3) is 32.8 Å². The number of hydrazone groups is 1. The summed E-state index contributed by atoms with van der Waals surface area (Å²) in [5, 5.41) is 17.5. The fourth-order valence-electron chi connectivity index (χ4n) is 3.42. The number of H-pyrrole nitrogens is 1. The molecule has 2 heterocycles. The lowest BCUT2D eigenvalue weighted by molar-refractivity contribution is -0.384. The summed E-state index contributed by atoms with van der Waals surface area (Å²) >= 11 is 0. The van der Waals surface area contributed by atoms with E-state index >= 15 is 0 Å². The first kappa shape index (κ1) is 17.6. The molecule has 0 aliphatic heterocycles. The highest BCUT2D eigenvalue weighted by Crippen LogP contribution is 2.26. The van der Waals surface area contributed by atoms with E-state index in [0.29, 0.717) is 11.0 Å². The summed E-state index contributed by atoms with van der Waals surface area (Å²) in [6.07, 6.45) is 1.55. The molecule has 0 radical (unpaired) electrons. The Kier molecular flexibility index (Phi) is 4.03. The van der Waals surface area contributed by atoms with E-state index in [1.807, 2.05) is 42.5 Å². The standard InChI is InChI=1S/C22H14N4O4/c27-22(21-11-14-10-15(26(28)29)6-8-20(14)30-21)25-23-12-13-5-7-19-17(9-13)16-3-1-2-4-18(16)24-19/h1-12,24H,(H,25,27)/b23-12+. The van der Waals surface area contributed by atoms with Gasteiger partial charge in [-0.15, -0.1) is 0 Å². The second kappa shape index (κ2) is 6.85. The average molecular weight is 398 g/mol. The zero-order chi connectivity index (χ0) is 20.7. The third-order valence-corrected chi connectivity index (χ3v) is 4.84. The number of hydrogen-bond acceptors (Lipinski definition) is 5. The minimum absolute atomic E-state index is 0.0229. The third-order valence-electron chi connectivity index (χ3n) is 4.84. The van der Waals surface area contributed by atoms with Gasteiger partial charge in [-0.05, 0) is 35.9 Å². The van der Waals surface area contributed by atoms with Crippen molar-refractivity contribution >= 4 is 50.6 Å². The van der Waals surface area contributed by atoms with Gasteiger partial charge in [0.15, 0.2) is 5.76 Å². The molecule has 0 atom stereocenters. The zero-order valence-corrected chi connectivity index (χ0v) is 15.5. The summed E-state index contributed by atoms with van der Waals surface area (Å²) < 4.78 is 5.45. The number of rotatable bonds is 4. The number of benzene rings is 3. The van der Waals surface area contributed by atoms with Crippen LogP contribution in [0.2, 0.25) is 0 Å². The van der Waals surface area contributed by atoms with E-state index in [-0.39, 0.29) is 11.4 Å². The molecular formula is C22H14N4O4. The Morgan fingerprint density at radius 1 is 1.03 bits per heavy atom. The van der Waals surface area contributed by atoms with Crippen molar-refractivity contribution in [1.82, 2.24) is 10.4 Å². The number of nitrogens with zero attached hydrogens (tertiary/aromatic N) is 2. The number of carbonyl (C=O) groups is 1.